The Hall–Kier alpha value is -1.14. The molecule has 0 aliphatic heterocycles. The van der Waals surface area contributed by atoms with Crippen molar-refractivity contribution < 1.29 is 9.53 Å². The minimum atomic E-state index is -0.678. The molecule has 1 heterocycles. The van der Waals surface area contributed by atoms with Gasteiger partial charge in [-0.25, -0.2) is 4.98 Å². The summed E-state index contributed by atoms with van der Waals surface area (Å²) in [7, 11) is 3.10. The van der Waals surface area contributed by atoms with E-state index in [1.165, 1.54) is 13.4 Å². The lowest BCUT2D eigenvalue weighted by molar-refractivity contribution is -0.140. The minimum Gasteiger partial charge on any atom is -0.468 e. The Morgan fingerprint density at radius 3 is 3.07 bits per heavy atom. The maximum Gasteiger partial charge on any atom is 0.325 e. The van der Waals surface area contributed by atoms with Crippen LogP contribution in [0.1, 0.15) is 5.82 Å². The SMILES string of the molecule is COC(=O)C(Cl)CNCc1ncnn1C. The molecule has 0 aromatic carbocycles. The lowest BCUT2D eigenvalue weighted by atomic mass is 10.4. The summed E-state index contributed by atoms with van der Waals surface area (Å²) < 4.78 is 6.13. The fourth-order valence-corrected chi connectivity index (χ4v) is 1.20. The van der Waals surface area contributed by atoms with Crippen LogP contribution in [-0.2, 0) is 23.1 Å². The van der Waals surface area contributed by atoms with E-state index in [2.05, 4.69) is 20.1 Å². The smallest absolute Gasteiger partial charge is 0.325 e. The highest BCUT2D eigenvalue weighted by atomic mass is 35.5. The van der Waals surface area contributed by atoms with Gasteiger partial charge in [0.1, 0.15) is 17.5 Å². The third-order valence-electron chi connectivity index (χ3n) is 1.87. The van der Waals surface area contributed by atoms with Gasteiger partial charge in [0, 0.05) is 13.6 Å². The van der Waals surface area contributed by atoms with E-state index in [9.17, 15) is 4.79 Å². The van der Waals surface area contributed by atoms with Crippen LogP contribution in [0.4, 0.5) is 0 Å². The summed E-state index contributed by atoms with van der Waals surface area (Å²) in [5, 5.41) is 6.22. The van der Waals surface area contributed by atoms with Gasteiger partial charge >= 0.3 is 5.97 Å². The van der Waals surface area contributed by atoms with Crippen LogP contribution in [0, 0.1) is 0 Å². The molecule has 1 aromatic heterocycles. The summed E-state index contributed by atoms with van der Waals surface area (Å²) in [5.41, 5.74) is 0. The first kappa shape index (κ1) is 11.9. The first-order valence-corrected chi connectivity index (χ1v) is 4.84. The molecular formula is C8H13ClN4O2. The molecular weight excluding hydrogens is 220 g/mol. The number of carbonyl (C=O) groups is 1. The van der Waals surface area contributed by atoms with Gasteiger partial charge in [-0.3, -0.25) is 9.48 Å². The second-order valence-electron chi connectivity index (χ2n) is 2.92. The van der Waals surface area contributed by atoms with Gasteiger partial charge in [0.15, 0.2) is 0 Å². The van der Waals surface area contributed by atoms with Gasteiger partial charge < -0.3 is 10.1 Å². The predicted octanol–water partition coefficient (Wildman–Crippen LogP) is -0.315. The zero-order chi connectivity index (χ0) is 11.3. The second kappa shape index (κ2) is 5.67. The number of aromatic nitrogens is 3. The molecule has 0 bridgehead atoms. The maximum absolute atomic E-state index is 10.9. The molecule has 7 heteroatoms. The zero-order valence-corrected chi connectivity index (χ0v) is 9.36. The molecule has 1 unspecified atom stereocenters. The van der Waals surface area contributed by atoms with Gasteiger partial charge in [0.2, 0.25) is 0 Å². The number of methoxy groups -OCH3 is 1. The highest BCUT2D eigenvalue weighted by molar-refractivity contribution is 6.30. The molecule has 0 radical (unpaired) electrons. The lowest BCUT2D eigenvalue weighted by Crippen LogP contribution is -2.30. The van der Waals surface area contributed by atoms with Crippen molar-refractivity contribution in [1.29, 1.82) is 0 Å². The van der Waals surface area contributed by atoms with E-state index >= 15 is 0 Å². The second-order valence-corrected chi connectivity index (χ2v) is 3.45. The molecule has 0 saturated carbocycles. The van der Waals surface area contributed by atoms with Crippen LogP contribution in [-0.4, -0.2) is 39.8 Å². The van der Waals surface area contributed by atoms with Crippen molar-refractivity contribution in [2.24, 2.45) is 7.05 Å². The Morgan fingerprint density at radius 1 is 1.80 bits per heavy atom. The van der Waals surface area contributed by atoms with Crippen LogP contribution in [0.2, 0.25) is 0 Å². The molecule has 6 nitrogen and oxygen atoms in total. The van der Waals surface area contributed by atoms with Gasteiger partial charge in [-0.15, -0.1) is 11.6 Å². The van der Waals surface area contributed by atoms with Crippen LogP contribution in [0.5, 0.6) is 0 Å². The standard InChI is InChI=1S/C8H13ClN4O2/c1-13-7(11-5-12-13)4-10-3-6(9)8(14)15-2/h5-6,10H,3-4H2,1-2H3. The van der Waals surface area contributed by atoms with Gasteiger partial charge in [-0.2, -0.15) is 5.10 Å². The summed E-state index contributed by atoms with van der Waals surface area (Å²) in [6.07, 6.45) is 1.47. The number of aryl methyl sites for hydroxylation is 1. The quantitative estimate of drug-likeness (QED) is 0.557. The van der Waals surface area contributed by atoms with Gasteiger partial charge in [0.05, 0.1) is 13.7 Å². The molecule has 0 amide bonds. The van der Waals surface area contributed by atoms with Crippen molar-refractivity contribution in [3.8, 4) is 0 Å². The Bertz CT molecular complexity index is 328. The van der Waals surface area contributed by atoms with Crippen LogP contribution < -0.4 is 5.32 Å². The molecule has 0 spiro atoms. The number of nitrogens with one attached hydrogen (secondary N) is 1. The number of nitrogens with zero attached hydrogens (tertiary/aromatic N) is 3. The number of rotatable bonds is 5. The van der Waals surface area contributed by atoms with Crippen molar-refractivity contribution in [1.82, 2.24) is 20.1 Å². The third-order valence-corrected chi connectivity index (χ3v) is 2.20. The number of hydrogen-bond acceptors (Lipinski definition) is 5. The Morgan fingerprint density at radius 2 is 2.53 bits per heavy atom. The van der Waals surface area contributed by atoms with Crippen LogP contribution in [0.25, 0.3) is 0 Å². The van der Waals surface area contributed by atoms with E-state index in [-0.39, 0.29) is 0 Å². The van der Waals surface area contributed by atoms with Crippen molar-refractivity contribution >= 4 is 17.6 Å². The lowest BCUT2D eigenvalue weighted by Gasteiger charge is -2.08. The monoisotopic (exact) mass is 232 g/mol. The average molecular weight is 233 g/mol. The Labute approximate surface area is 92.6 Å². The highest BCUT2D eigenvalue weighted by Gasteiger charge is 2.14. The van der Waals surface area contributed by atoms with Crippen LogP contribution in [0.15, 0.2) is 6.33 Å². The number of ether oxygens (including phenoxy) is 1. The van der Waals surface area contributed by atoms with Crippen molar-refractivity contribution in [2.45, 2.75) is 11.9 Å². The predicted molar refractivity (Wildman–Crippen MR) is 54.4 cm³/mol. The summed E-state index contributed by atoms with van der Waals surface area (Å²) in [5.74, 6) is 0.339. The van der Waals surface area contributed by atoms with E-state index < -0.39 is 11.3 Å². The molecule has 1 aromatic rings. The van der Waals surface area contributed by atoms with Crippen LogP contribution >= 0.6 is 11.6 Å². The summed E-state index contributed by atoms with van der Waals surface area (Å²) >= 11 is 5.73. The van der Waals surface area contributed by atoms with Gasteiger partial charge in [-0.05, 0) is 0 Å². The van der Waals surface area contributed by atoms with Gasteiger partial charge in [0.25, 0.3) is 0 Å². The number of carbonyl (C=O) groups excluding carboxylic acids is 1. The molecule has 0 fully saturated rings. The first-order chi connectivity index (χ1) is 7.15. The largest absolute Gasteiger partial charge is 0.468 e. The maximum atomic E-state index is 10.9. The van der Waals surface area contributed by atoms with Crippen molar-refractivity contribution in [2.75, 3.05) is 13.7 Å². The van der Waals surface area contributed by atoms with Crippen molar-refractivity contribution in [3.05, 3.63) is 12.2 Å². The molecule has 1 rings (SSSR count). The van der Waals surface area contributed by atoms with E-state index in [1.807, 2.05) is 0 Å². The van der Waals surface area contributed by atoms with E-state index in [4.69, 9.17) is 11.6 Å². The molecule has 1 N–H and O–H groups in total. The molecule has 15 heavy (non-hydrogen) atoms. The summed E-state index contributed by atoms with van der Waals surface area (Å²) in [6.45, 7) is 0.845. The van der Waals surface area contributed by atoms with E-state index in [0.717, 1.165) is 5.82 Å². The minimum absolute atomic E-state index is 0.334. The average Bonchev–Trinajstić information content (AvgIpc) is 2.63. The first-order valence-electron chi connectivity index (χ1n) is 4.40. The highest BCUT2D eigenvalue weighted by Crippen LogP contribution is 1.97. The molecule has 0 saturated heterocycles. The van der Waals surface area contributed by atoms with E-state index in [1.54, 1.807) is 11.7 Å². The fraction of sp³-hybridized carbons (Fsp3) is 0.625. The molecule has 0 aliphatic rings. The number of alkyl halides is 1. The fourth-order valence-electron chi connectivity index (χ4n) is 1.00. The van der Waals surface area contributed by atoms with E-state index in [0.29, 0.717) is 13.1 Å². The Kier molecular flexibility index (Phi) is 4.51. The van der Waals surface area contributed by atoms with Crippen LogP contribution in [0.3, 0.4) is 0 Å². The topological polar surface area (TPSA) is 69.0 Å². The Balaban J connectivity index is 2.28. The number of esters is 1. The summed E-state index contributed by atoms with van der Waals surface area (Å²) in [4.78, 5) is 15.0. The normalized spacial score (nSPS) is 12.5. The molecule has 84 valence electrons. The van der Waals surface area contributed by atoms with Gasteiger partial charge in [-0.1, -0.05) is 0 Å². The van der Waals surface area contributed by atoms with Crippen molar-refractivity contribution in [3.63, 3.8) is 0 Å². The molecule has 1 atom stereocenters. The zero-order valence-electron chi connectivity index (χ0n) is 8.61. The summed E-state index contributed by atoms with van der Waals surface area (Å²) in [6, 6.07) is 0. The number of halogens is 1. The third kappa shape index (κ3) is 3.49. The molecule has 0 aliphatic carbocycles. The number of hydrogen-bond donors (Lipinski definition) is 1.